The molecule has 2 nitrogen and oxygen atoms in total. The Morgan fingerprint density at radius 1 is 0.800 bits per heavy atom. The van der Waals surface area contributed by atoms with E-state index in [2.05, 4.69) is 0 Å². The minimum absolute atomic E-state index is 0.216. The van der Waals surface area contributed by atoms with Crippen molar-refractivity contribution >= 4 is 9.84 Å². The SMILES string of the molecule is CC[C@H](C)[C@H](C)S(=O)(=O)[C@@H](C)[C@@H](C)CC. The van der Waals surface area contributed by atoms with E-state index in [1.54, 1.807) is 0 Å². The van der Waals surface area contributed by atoms with Crippen LogP contribution in [0.3, 0.4) is 0 Å². The quantitative estimate of drug-likeness (QED) is 0.707. The fourth-order valence-electron chi connectivity index (χ4n) is 1.65. The van der Waals surface area contributed by atoms with Crippen LogP contribution in [0.5, 0.6) is 0 Å². The summed E-state index contributed by atoms with van der Waals surface area (Å²) >= 11 is 0. The Morgan fingerprint density at radius 3 is 1.27 bits per heavy atom. The van der Waals surface area contributed by atoms with Gasteiger partial charge in [0.25, 0.3) is 0 Å². The molecule has 0 N–H and O–H groups in total. The van der Waals surface area contributed by atoms with E-state index in [1.807, 2.05) is 41.5 Å². The van der Waals surface area contributed by atoms with Gasteiger partial charge >= 0.3 is 0 Å². The van der Waals surface area contributed by atoms with Crippen molar-refractivity contribution in [1.82, 2.24) is 0 Å². The number of hydrogen-bond donors (Lipinski definition) is 0. The van der Waals surface area contributed by atoms with Gasteiger partial charge in [-0.25, -0.2) is 8.42 Å². The van der Waals surface area contributed by atoms with E-state index >= 15 is 0 Å². The number of rotatable bonds is 6. The summed E-state index contributed by atoms with van der Waals surface area (Å²) in [5.41, 5.74) is 0. The molecule has 3 heteroatoms. The molecule has 0 saturated carbocycles. The molecule has 0 aromatic carbocycles. The van der Waals surface area contributed by atoms with Gasteiger partial charge in [0.05, 0.1) is 10.5 Å². The Bertz CT molecular complexity index is 247. The van der Waals surface area contributed by atoms with E-state index in [0.717, 1.165) is 12.8 Å². The molecule has 92 valence electrons. The Labute approximate surface area is 95.4 Å². The van der Waals surface area contributed by atoms with Crippen LogP contribution in [-0.4, -0.2) is 18.9 Å². The van der Waals surface area contributed by atoms with Crippen LogP contribution in [0.25, 0.3) is 0 Å². The first-order chi connectivity index (χ1) is 6.78. The Balaban J connectivity index is 4.82. The largest absolute Gasteiger partial charge is 0.228 e. The second-order valence-corrected chi connectivity index (χ2v) is 7.44. The zero-order valence-electron chi connectivity index (χ0n) is 10.9. The molecule has 0 rings (SSSR count). The summed E-state index contributed by atoms with van der Waals surface area (Å²) in [5.74, 6) is 0.503. The highest BCUT2D eigenvalue weighted by Crippen LogP contribution is 2.24. The molecule has 0 radical (unpaired) electrons. The second-order valence-electron chi connectivity index (χ2n) is 4.77. The average molecular weight is 234 g/mol. The van der Waals surface area contributed by atoms with Crippen LogP contribution in [0.1, 0.15) is 54.4 Å². The van der Waals surface area contributed by atoms with Gasteiger partial charge in [-0.1, -0.05) is 40.5 Å². The van der Waals surface area contributed by atoms with E-state index in [9.17, 15) is 8.42 Å². The summed E-state index contributed by atoms with van der Waals surface area (Å²) in [6.07, 6.45) is 1.85. The van der Waals surface area contributed by atoms with Crippen LogP contribution in [0.15, 0.2) is 0 Å². The van der Waals surface area contributed by atoms with Gasteiger partial charge in [0, 0.05) is 0 Å². The first-order valence-corrected chi connectivity index (χ1v) is 7.62. The Hall–Kier alpha value is -0.0500. The zero-order valence-corrected chi connectivity index (χ0v) is 11.8. The first kappa shape index (κ1) is 14.9. The molecular weight excluding hydrogens is 208 g/mol. The van der Waals surface area contributed by atoms with Crippen molar-refractivity contribution in [3.05, 3.63) is 0 Å². The minimum Gasteiger partial charge on any atom is -0.228 e. The van der Waals surface area contributed by atoms with E-state index in [4.69, 9.17) is 0 Å². The molecular formula is C12H26O2S. The maximum atomic E-state index is 12.2. The average Bonchev–Trinajstić information content (AvgIpc) is 2.24. The van der Waals surface area contributed by atoms with Crippen LogP contribution in [0, 0.1) is 11.8 Å². The summed E-state index contributed by atoms with van der Waals surface area (Å²) in [6.45, 7) is 11.8. The standard InChI is InChI=1S/C12H26O2S/c1-7-9(3)11(5)15(13,14)12(6)10(4)8-2/h9-12H,7-8H2,1-6H3/t9-,10-,11-,12-/m0/s1. The molecule has 0 spiro atoms. The topological polar surface area (TPSA) is 34.1 Å². The van der Waals surface area contributed by atoms with Gasteiger partial charge < -0.3 is 0 Å². The fraction of sp³-hybridized carbons (Fsp3) is 1.00. The fourth-order valence-corrected chi connectivity index (χ4v) is 4.01. The van der Waals surface area contributed by atoms with Crippen LogP contribution < -0.4 is 0 Å². The lowest BCUT2D eigenvalue weighted by Gasteiger charge is -2.26. The molecule has 0 aromatic heterocycles. The van der Waals surface area contributed by atoms with Crippen molar-refractivity contribution in [2.24, 2.45) is 11.8 Å². The number of sulfone groups is 1. The normalized spacial score (nSPS) is 20.7. The summed E-state index contributed by atoms with van der Waals surface area (Å²) < 4.78 is 24.5. The third kappa shape index (κ3) is 3.47. The predicted molar refractivity (Wildman–Crippen MR) is 66.8 cm³/mol. The monoisotopic (exact) mass is 234 g/mol. The van der Waals surface area contributed by atoms with Crippen LogP contribution >= 0.6 is 0 Å². The van der Waals surface area contributed by atoms with E-state index in [-0.39, 0.29) is 22.3 Å². The van der Waals surface area contributed by atoms with Crippen molar-refractivity contribution in [1.29, 1.82) is 0 Å². The smallest absolute Gasteiger partial charge is 0.155 e. The molecule has 0 fully saturated rings. The molecule has 0 aliphatic carbocycles. The summed E-state index contributed by atoms with van der Waals surface area (Å²) in [6, 6.07) is 0. The van der Waals surface area contributed by atoms with Gasteiger partial charge in [-0.2, -0.15) is 0 Å². The summed E-state index contributed by atoms with van der Waals surface area (Å²) in [4.78, 5) is 0. The highest BCUT2D eigenvalue weighted by Gasteiger charge is 2.33. The van der Waals surface area contributed by atoms with Crippen molar-refractivity contribution in [2.75, 3.05) is 0 Å². The molecule has 0 heterocycles. The van der Waals surface area contributed by atoms with Crippen LogP contribution in [0.4, 0.5) is 0 Å². The van der Waals surface area contributed by atoms with Gasteiger partial charge in [-0.3, -0.25) is 0 Å². The third-order valence-electron chi connectivity index (χ3n) is 3.93. The van der Waals surface area contributed by atoms with Gasteiger partial charge in [0.2, 0.25) is 0 Å². The highest BCUT2D eigenvalue weighted by molar-refractivity contribution is 7.92. The molecule has 0 amide bonds. The molecule has 0 aliphatic heterocycles. The van der Waals surface area contributed by atoms with Gasteiger partial charge in [0.15, 0.2) is 9.84 Å². The molecule has 15 heavy (non-hydrogen) atoms. The Morgan fingerprint density at radius 2 is 1.07 bits per heavy atom. The third-order valence-corrected chi connectivity index (χ3v) is 6.93. The molecule has 0 aliphatic rings. The zero-order chi connectivity index (χ0) is 12.2. The molecule has 0 unspecified atom stereocenters. The van der Waals surface area contributed by atoms with E-state index in [0.29, 0.717) is 0 Å². The summed E-state index contributed by atoms with van der Waals surface area (Å²) in [5, 5.41) is -0.432. The van der Waals surface area contributed by atoms with E-state index < -0.39 is 9.84 Å². The lowest BCUT2D eigenvalue weighted by Crippen LogP contribution is -2.35. The van der Waals surface area contributed by atoms with Crippen molar-refractivity contribution < 1.29 is 8.42 Å². The van der Waals surface area contributed by atoms with Crippen molar-refractivity contribution in [3.8, 4) is 0 Å². The van der Waals surface area contributed by atoms with Crippen molar-refractivity contribution in [3.63, 3.8) is 0 Å². The maximum absolute atomic E-state index is 12.2. The Kier molecular flexibility index (Phi) is 5.86. The molecule has 0 bridgehead atoms. The van der Waals surface area contributed by atoms with E-state index in [1.165, 1.54) is 0 Å². The second kappa shape index (κ2) is 5.88. The lowest BCUT2D eigenvalue weighted by molar-refractivity contribution is 0.472. The molecule has 4 atom stereocenters. The maximum Gasteiger partial charge on any atom is 0.155 e. The molecule has 0 saturated heterocycles. The minimum atomic E-state index is -2.96. The number of hydrogen-bond acceptors (Lipinski definition) is 2. The summed E-state index contributed by atoms with van der Waals surface area (Å²) in [7, 11) is -2.96. The predicted octanol–water partition coefficient (Wildman–Crippen LogP) is 3.27. The first-order valence-electron chi connectivity index (χ1n) is 6.01. The van der Waals surface area contributed by atoms with Crippen LogP contribution in [-0.2, 0) is 9.84 Å². The highest BCUT2D eigenvalue weighted by atomic mass is 32.2. The van der Waals surface area contributed by atoms with Gasteiger partial charge in [-0.15, -0.1) is 0 Å². The molecule has 0 aromatic rings. The lowest BCUT2D eigenvalue weighted by atomic mass is 10.1. The van der Waals surface area contributed by atoms with Crippen molar-refractivity contribution in [2.45, 2.75) is 64.9 Å². The van der Waals surface area contributed by atoms with Crippen LogP contribution in [0.2, 0.25) is 0 Å². The van der Waals surface area contributed by atoms with Gasteiger partial charge in [0.1, 0.15) is 0 Å². The van der Waals surface area contributed by atoms with Gasteiger partial charge in [-0.05, 0) is 25.7 Å².